The highest BCUT2D eigenvalue weighted by molar-refractivity contribution is 6.33. The summed E-state index contributed by atoms with van der Waals surface area (Å²) in [6, 6.07) is 1.10. The van der Waals surface area contributed by atoms with Crippen LogP contribution in [0.4, 0.5) is 22.0 Å². The number of halogens is 6. The molecule has 0 aliphatic heterocycles. The molecule has 0 radical (unpaired) electrons. The summed E-state index contributed by atoms with van der Waals surface area (Å²) in [6.45, 7) is 1.90. The molecule has 0 aliphatic rings. The van der Waals surface area contributed by atoms with Gasteiger partial charge in [0.2, 0.25) is 0 Å². The van der Waals surface area contributed by atoms with Gasteiger partial charge in [-0.05, 0) is 13.3 Å². The summed E-state index contributed by atoms with van der Waals surface area (Å²) in [4.78, 5) is 20.3. The first-order valence-electron chi connectivity index (χ1n) is 8.75. The van der Waals surface area contributed by atoms with Crippen molar-refractivity contribution in [1.82, 2.24) is 14.8 Å². The lowest BCUT2D eigenvalue weighted by molar-refractivity contribution is -0.191. The molecule has 30 heavy (non-hydrogen) atoms. The van der Waals surface area contributed by atoms with Gasteiger partial charge in [0.25, 0.3) is 0 Å². The number of aryl methyl sites for hydroxylation is 2. The molecule has 2 aromatic rings. The Hall–Kier alpha value is -2.52. The quantitative estimate of drug-likeness (QED) is 0.553. The van der Waals surface area contributed by atoms with Crippen molar-refractivity contribution in [1.29, 1.82) is 0 Å². The Morgan fingerprint density at radius 2 is 1.87 bits per heavy atom. The first-order valence-corrected chi connectivity index (χ1v) is 9.13. The third-order valence-corrected chi connectivity index (χ3v) is 4.46. The molecule has 0 bridgehead atoms. The number of nitrogens with zero attached hydrogens (tertiary/aromatic N) is 3. The topological polar surface area (TPSA) is 74.1 Å². The Labute approximate surface area is 174 Å². The van der Waals surface area contributed by atoms with Gasteiger partial charge in [-0.25, -0.2) is 0 Å². The highest BCUT2D eigenvalue weighted by atomic mass is 35.5. The third kappa shape index (κ3) is 6.50. The van der Waals surface area contributed by atoms with Gasteiger partial charge in [-0.3, -0.25) is 9.67 Å². The van der Waals surface area contributed by atoms with E-state index in [0.29, 0.717) is 24.4 Å². The van der Waals surface area contributed by atoms with Gasteiger partial charge in [-0.1, -0.05) is 25.4 Å². The van der Waals surface area contributed by atoms with Crippen LogP contribution in [0, 0.1) is 5.92 Å². The molecule has 0 fully saturated rings. The van der Waals surface area contributed by atoms with Crippen LogP contribution in [0.3, 0.4) is 0 Å². The number of aromatic nitrogens is 3. The average Bonchev–Trinajstić information content (AvgIpc) is 2.97. The number of rotatable bonds is 7. The zero-order chi connectivity index (χ0) is 23.1. The second kappa shape index (κ2) is 11.0. The number of ether oxygens (including phenoxy) is 1. The minimum Gasteiger partial charge on any atom is -0.434 e. The molecule has 0 spiro atoms. The number of pyridine rings is 1. The maximum Gasteiger partial charge on any atom is 0.391 e. The largest absolute Gasteiger partial charge is 0.434 e. The molecule has 2 aromatic heterocycles. The maximum atomic E-state index is 12.9. The van der Waals surface area contributed by atoms with E-state index in [2.05, 4.69) is 14.8 Å². The molecule has 6 nitrogen and oxygen atoms in total. The first-order chi connectivity index (χ1) is 14.0. The van der Waals surface area contributed by atoms with Gasteiger partial charge in [-0.2, -0.15) is 36.6 Å². The Balaban J connectivity index is 0.00000141. The monoisotopic (exact) mass is 455 g/mol. The summed E-state index contributed by atoms with van der Waals surface area (Å²) >= 11 is 6.33. The van der Waals surface area contributed by atoms with Crippen molar-refractivity contribution in [3.05, 3.63) is 28.7 Å². The Kier molecular flexibility index (Phi) is 9.38. The van der Waals surface area contributed by atoms with E-state index in [-0.39, 0.29) is 28.2 Å². The molecule has 0 saturated carbocycles. The molecule has 2 rings (SSSR count). The average molecular weight is 456 g/mol. The second-order valence-corrected chi connectivity index (χ2v) is 6.44. The summed E-state index contributed by atoms with van der Waals surface area (Å²) in [5.41, 5.74) is 1.06. The lowest BCUT2D eigenvalue weighted by Crippen LogP contribution is -2.22. The summed E-state index contributed by atoms with van der Waals surface area (Å²) < 4.78 is 70.2. The van der Waals surface area contributed by atoms with Crippen molar-refractivity contribution in [2.75, 3.05) is 0 Å². The van der Waals surface area contributed by atoms with E-state index >= 15 is 0 Å². The zero-order valence-electron chi connectivity index (χ0n) is 16.3. The van der Waals surface area contributed by atoms with E-state index in [0.717, 1.165) is 13.0 Å². The normalized spacial score (nSPS) is 12.2. The lowest BCUT2D eigenvalue weighted by atomic mass is 10.0. The van der Waals surface area contributed by atoms with Crippen molar-refractivity contribution >= 4 is 17.8 Å². The van der Waals surface area contributed by atoms with Gasteiger partial charge in [-0.15, -0.1) is 0 Å². The van der Waals surface area contributed by atoms with Gasteiger partial charge in [0, 0.05) is 30.9 Å². The molecule has 2 heterocycles. The van der Waals surface area contributed by atoms with Crippen molar-refractivity contribution in [2.24, 2.45) is 5.92 Å². The number of carbonyl (C=O) groups excluding carboxylic acids is 2. The first kappa shape index (κ1) is 25.5. The Bertz CT molecular complexity index is 881. The highest BCUT2D eigenvalue weighted by Gasteiger charge is 2.36. The van der Waals surface area contributed by atoms with Gasteiger partial charge in [0.05, 0.1) is 27.9 Å². The summed E-state index contributed by atoms with van der Waals surface area (Å²) in [7, 11) is 0. The van der Waals surface area contributed by atoms with Crippen LogP contribution in [0.2, 0.25) is 5.02 Å². The fraction of sp³-hybridized carbons (Fsp3) is 0.500. The van der Waals surface area contributed by atoms with E-state index in [1.54, 1.807) is 6.92 Å². The van der Waals surface area contributed by atoms with E-state index in [1.165, 1.54) is 10.9 Å². The molecule has 0 N–H and O–H groups in total. The van der Waals surface area contributed by atoms with E-state index in [9.17, 15) is 22.0 Å². The van der Waals surface area contributed by atoms with E-state index in [4.69, 9.17) is 21.2 Å². The SMILES string of the molecule is CCc1nn(CC)c(-c2cnc(C[C@H](C)C(F)(F)F)cc2OC(F)F)c1Cl.O=C=O. The highest BCUT2D eigenvalue weighted by Crippen LogP contribution is 2.38. The van der Waals surface area contributed by atoms with Crippen LogP contribution < -0.4 is 4.74 Å². The maximum absolute atomic E-state index is 12.9. The van der Waals surface area contributed by atoms with Gasteiger partial charge >= 0.3 is 18.9 Å². The summed E-state index contributed by atoms with van der Waals surface area (Å²) in [6.07, 6.45) is -2.89. The van der Waals surface area contributed by atoms with Crippen molar-refractivity contribution < 1.29 is 36.3 Å². The molecule has 12 heteroatoms. The van der Waals surface area contributed by atoms with Crippen LogP contribution in [0.1, 0.15) is 32.2 Å². The minimum atomic E-state index is -4.41. The van der Waals surface area contributed by atoms with Crippen LogP contribution in [0.25, 0.3) is 11.3 Å². The number of alkyl halides is 5. The van der Waals surface area contributed by atoms with Crippen molar-refractivity contribution in [3.63, 3.8) is 0 Å². The van der Waals surface area contributed by atoms with E-state index < -0.39 is 25.1 Å². The van der Waals surface area contributed by atoms with Crippen molar-refractivity contribution in [2.45, 2.75) is 52.9 Å². The molecular weight excluding hydrogens is 437 g/mol. The predicted octanol–water partition coefficient (Wildman–Crippen LogP) is 4.94. The standard InChI is InChI=1S/C17H19ClF5N3O.CO2/c1-4-12-14(18)15(26(5-2)25-12)11-8-24-10(6-9(3)17(21,22)23)7-13(11)27-16(19)20;2-1-3/h7-9,16H,4-6H2,1-3H3;/t9-;/m0./s1. The molecule has 0 aliphatic carbocycles. The van der Waals surface area contributed by atoms with Gasteiger partial charge < -0.3 is 4.74 Å². The fourth-order valence-corrected chi connectivity index (χ4v) is 2.96. The van der Waals surface area contributed by atoms with Crippen LogP contribution in [-0.2, 0) is 29.0 Å². The van der Waals surface area contributed by atoms with Crippen LogP contribution in [-0.4, -0.2) is 33.7 Å². The molecule has 0 aromatic carbocycles. The summed E-state index contributed by atoms with van der Waals surface area (Å²) in [5.74, 6) is -1.96. The zero-order valence-corrected chi connectivity index (χ0v) is 17.0. The Morgan fingerprint density at radius 3 is 2.33 bits per heavy atom. The van der Waals surface area contributed by atoms with Gasteiger partial charge in [0.15, 0.2) is 0 Å². The second-order valence-electron chi connectivity index (χ2n) is 6.06. The third-order valence-electron chi connectivity index (χ3n) is 4.06. The van der Waals surface area contributed by atoms with Crippen molar-refractivity contribution in [3.8, 4) is 17.0 Å². The lowest BCUT2D eigenvalue weighted by Gasteiger charge is -2.17. The van der Waals surface area contributed by atoms with Crippen LogP contribution in [0.5, 0.6) is 5.75 Å². The molecule has 1 atom stereocenters. The molecule has 0 amide bonds. The smallest absolute Gasteiger partial charge is 0.391 e. The van der Waals surface area contributed by atoms with Crippen LogP contribution >= 0.6 is 11.6 Å². The fourth-order valence-electron chi connectivity index (χ4n) is 2.59. The Morgan fingerprint density at radius 1 is 1.27 bits per heavy atom. The van der Waals surface area contributed by atoms with Gasteiger partial charge in [0.1, 0.15) is 5.75 Å². The molecular formula is C18H19ClF5N3O3. The molecule has 166 valence electrons. The van der Waals surface area contributed by atoms with E-state index in [1.807, 2.05) is 6.92 Å². The van der Waals surface area contributed by atoms with Crippen LogP contribution in [0.15, 0.2) is 12.3 Å². The molecule has 0 saturated heterocycles. The summed E-state index contributed by atoms with van der Waals surface area (Å²) in [5, 5.41) is 4.59. The minimum absolute atomic E-state index is 0.00590. The number of hydrogen-bond acceptors (Lipinski definition) is 5. The molecule has 0 unspecified atom stereocenters. The predicted molar refractivity (Wildman–Crippen MR) is 96.1 cm³/mol. The number of hydrogen-bond donors (Lipinski definition) is 0.